The van der Waals surface area contributed by atoms with Crippen LogP contribution in [0.4, 0.5) is 0 Å². The Kier molecular flexibility index (Phi) is 4.03. The molecule has 0 saturated carbocycles. The first-order valence-corrected chi connectivity index (χ1v) is 5.69. The predicted octanol–water partition coefficient (Wildman–Crippen LogP) is 2.12. The zero-order chi connectivity index (χ0) is 11.5. The van der Waals surface area contributed by atoms with Crippen molar-refractivity contribution in [2.75, 3.05) is 13.2 Å². The lowest BCUT2D eigenvalue weighted by molar-refractivity contribution is -0.00246. The topological polar surface area (TPSA) is 32.7 Å². The zero-order valence-corrected chi connectivity index (χ0v) is 10.1. The molecule has 0 aromatic rings. The van der Waals surface area contributed by atoms with E-state index in [4.69, 9.17) is 9.84 Å². The second-order valence-corrected chi connectivity index (χ2v) is 5.11. The normalized spacial score (nSPS) is 21.9. The second-order valence-electron chi connectivity index (χ2n) is 5.11. The van der Waals surface area contributed by atoms with E-state index in [1.165, 1.54) is 0 Å². The maximum atomic E-state index is 8.96. The summed E-state index contributed by atoms with van der Waals surface area (Å²) in [5, 5.41) is 8.96. The molecule has 1 N–H and O–H groups in total. The van der Waals surface area contributed by atoms with E-state index >= 15 is 0 Å². The van der Waals surface area contributed by atoms with Gasteiger partial charge in [-0.2, -0.15) is 0 Å². The lowest BCUT2D eigenvalue weighted by atomic mass is 10.1. The van der Waals surface area contributed by atoms with Gasteiger partial charge in [0, 0.05) is 19.2 Å². The molecule has 0 radical (unpaired) electrons. The Bertz CT molecular complexity index is 220. The Hall–Kier alpha value is -0.700. The standard InChI is InChI=1S/C12H23NO2/c1-10(15-12(2,3)4)13-8-5-6-11(13)7-9-14/h11,14H,1,5-9H2,2-4H3. The van der Waals surface area contributed by atoms with Gasteiger partial charge in [0.15, 0.2) is 5.88 Å². The molecule has 1 unspecified atom stereocenters. The van der Waals surface area contributed by atoms with Crippen molar-refractivity contribution in [1.29, 1.82) is 0 Å². The lowest BCUT2D eigenvalue weighted by Crippen LogP contribution is -2.33. The molecule has 0 aromatic carbocycles. The minimum atomic E-state index is -0.191. The van der Waals surface area contributed by atoms with Gasteiger partial charge in [-0.15, -0.1) is 0 Å². The van der Waals surface area contributed by atoms with Crippen molar-refractivity contribution < 1.29 is 9.84 Å². The van der Waals surface area contributed by atoms with Crippen molar-refractivity contribution in [3.8, 4) is 0 Å². The van der Waals surface area contributed by atoms with Gasteiger partial charge in [0.05, 0.1) is 0 Å². The van der Waals surface area contributed by atoms with Crippen molar-refractivity contribution in [2.45, 2.75) is 51.7 Å². The lowest BCUT2D eigenvalue weighted by Gasteiger charge is -2.32. The molecule has 0 aliphatic carbocycles. The molecule has 0 spiro atoms. The summed E-state index contributed by atoms with van der Waals surface area (Å²) in [5.41, 5.74) is -0.191. The molecule has 1 heterocycles. The molecule has 1 aliphatic rings. The first-order chi connectivity index (χ1) is 6.94. The van der Waals surface area contributed by atoms with Crippen LogP contribution in [0.3, 0.4) is 0 Å². The minimum Gasteiger partial charge on any atom is -0.474 e. The summed E-state index contributed by atoms with van der Waals surface area (Å²) in [5.74, 6) is 0.749. The van der Waals surface area contributed by atoms with Gasteiger partial charge in [-0.3, -0.25) is 0 Å². The predicted molar refractivity (Wildman–Crippen MR) is 61.4 cm³/mol. The van der Waals surface area contributed by atoms with Crippen molar-refractivity contribution >= 4 is 0 Å². The fourth-order valence-electron chi connectivity index (χ4n) is 2.03. The number of hydrogen-bond donors (Lipinski definition) is 1. The molecule has 0 bridgehead atoms. The fourth-order valence-corrected chi connectivity index (χ4v) is 2.03. The Balaban J connectivity index is 2.51. The van der Waals surface area contributed by atoms with E-state index in [1.54, 1.807) is 0 Å². The van der Waals surface area contributed by atoms with Gasteiger partial charge in [-0.25, -0.2) is 0 Å². The summed E-state index contributed by atoms with van der Waals surface area (Å²) >= 11 is 0. The van der Waals surface area contributed by atoms with Crippen molar-refractivity contribution in [3.63, 3.8) is 0 Å². The summed E-state index contributed by atoms with van der Waals surface area (Å²) in [4.78, 5) is 2.18. The van der Waals surface area contributed by atoms with Crippen LogP contribution >= 0.6 is 0 Å². The average molecular weight is 213 g/mol. The van der Waals surface area contributed by atoms with Crippen LogP contribution in [0, 0.1) is 0 Å². The first-order valence-electron chi connectivity index (χ1n) is 5.69. The number of rotatable bonds is 4. The monoisotopic (exact) mass is 213 g/mol. The Labute approximate surface area is 92.7 Å². The van der Waals surface area contributed by atoms with Crippen LogP contribution in [0.15, 0.2) is 12.5 Å². The van der Waals surface area contributed by atoms with Gasteiger partial charge < -0.3 is 14.7 Å². The SMILES string of the molecule is C=C(OC(C)(C)C)N1CCCC1CCO. The molecular weight excluding hydrogens is 190 g/mol. The molecule has 1 fully saturated rings. The third-order valence-corrected chi connectivity index (χ3v) is 2.58. The summed E-state index contributed by atoms with van der Waals surface area (Å²) in [6, 6.07) is 0.407. The molecule has 3 nitrogen and oxygen atoms in total. The van der Waals surface area contributed by atoms with Gasteiger partial charge >= 0.3 is 0 Å². The van der Waals surface area contributed by atoms with E-state index in [1.807, 2.05) is 20.8 Å². The fraction of sp³-hybridized carbons (Fsp3) is 0.833. The van der Waals surface area contributed by atoms with Gasteiger partial charge in [-0.1, -0.05) is 0 Å². The number of aliphatic hydroxyl groups is 1. The number of ether oxygens (including phenoxy) is 1. The van der Waals surface area contributed by atoms with E-state index in [-0.39, 0.29) is 12.2 Å². The second kappa shape index (κ2) is 4.88. The van der Waals surface area contributed by atoms with Crippen molar-refractivity contribution in [1.82, 2.24) is 4.90 Å². The molecule has 1 aliphatic heterocycles. The molecule has 3 heteroatoms. The maximum Gasteiger partial charge on any atom is 0.182 e. The number of nitrogens with zero attached hydrogens (tertiary/aromatic N) is 1. The highest BCUT2D eigenvalue weighted by molar-refractivity contribution is 4.94. The summed E-state index contributed by atoms with van der Waals surface area (Å²) in [7, 11) is 0. The molecular formula is C12H23NO2. The van der Waals surface area contributed by atoms with E-state index in [0.29, 0.717) is 6.04 Å². The van der Waals surface area contributed by atoms with Crippen LogP contribution in [-0.2, 0) is 4.74 Å². The molecule has 1 saturated heterocycles. The van der Waals surface area contributed by atoms with Crippen LogP contribution in [0.5, 0.6) is 0 Å². The molecule has 0 amide bonds. The van der Waals surface area contributed by atoms with Crippen LogP contribution < -0.4 is 0 Å². The Morgan fingerprint density at radius 1 is 1.53 bits per heavy atom. The maximum absolute atomic E-state index is 8.96. The van der Waals surface area contributed by atoms with Gasteiger partial charge in [0.1, 0.15) is 5.60 Å². The Morgan fingerprint density at radius 3 is 2.73 bits per heavy atom. The quantitative estimate of drug-likeness (QED) is 0.726. The van der Waals surface area contributed by atoms with E-state index in [0.717, 1.165) is 31.7 Å². The molecule has 1 atom stereocenters. The number of hydrogen-bond acceptors (Lipinski definition) is 3. The third-order valence-electron chi connectivity index (χ3n) is 2.58. The minimum absolute atomic E-state index is 0.191. The van der Waals surface area contributed by atoms with Gasteiger partial charge in [0.25, 0.3) is 0 Å². The summed E-state index contributed by atoms with van der Waals surface area (Å²) < 4.78 is 5.75. The van der Waals surface area contributed by atoms with Crippen LogP contribution in [0.2, 0.25) is 0 Å². The highest BCUT2D eigenvalue weighted by atomic mass is 16.5. The van der Waals surface area contributed by atoms with Crippen LogP contribution in [-0.4, -0.2) is 34.8 Å². The molecule has 1 rings (SSSR count). The van der Waals surface area contributed by atoms with E-state index in [2.05, 4.69) is 11.5 Å². The largest absolute Gasteiger partial charge is 0.474 e. The smallest absolute Gasteiger partial charge is 0.182 e. The van der Waals surface area contributed by atoms with Gasteiger partial charge in [-0.05, 0) is 46.6 Å². The molecule has 15 heavy (non-hydrogen) atoms. The highest BCUT2D eigenvalue weighted by Crippen LogP contribution is 2.26. The van der Waals surface area contributed by atoms with E-state index in [9.17, 15) is 0 Å². The average Bonchev–Trinajstić information content (AvgIpc) is 2.49. The molecule has 88 valence electrons. The number of likely N-dealkylation sites (tertiary alicyclic amines) is 1. The summed E-state index contributed by atoms with van der Waals surface area (Å²) in [6.07, 6.45) is 3.11. The Morgan fingerprint density at radius 2 is 2.20 bits per heavy atom. The van der Waals surface area contributed by atoms with Crippen molar-refractivity contribution in [3.05, 3.63) is 12.5 Å². The van der Waals surface area contributed by atoms with Crippen LogP contribution in [0.25, 0.3) is 0 Å². The highest BCUT2D eigenvalue weighted by Gasteiger charge is 2.27. The molecule has 0 aromatic heterocycles. The van der Waals surface area contributed by atoms with E-state index < -0.39 is 0 Å². The number of aliphatic hydroxyl groups excluding tert-OH is 1. The summed E-state index contributed by atoms with van der Waals surface area (Å²) in [6.45, 7) is 11.3. The third kappa shape index (κ3) is 3.74. The van der Waals surface area contributed by atoms with Gasteiger partial charge in [0.2, 0.25) is 0 Å². The van der Waals surface area contributed by atoms with Crippen molar-refractivity contribution in [2.24, 2.45) is 0 Å². The zero-order valence-electron chi connectivity index (χ0n) is 10.1. The first kappa shape index (κ1) is 12.4. The van der Waals surface area contributed by atoms with Crippen LogP contribution in [0.1, 0.15) is 40.0 Å².